The van der Waals surface area contributed by atoms with Gasteiger partial charge in [0.15, 0.2) is 5.96 Å². The van der Waals surface area contributed by atoms with Crippen LogP contribution in [0.5, 0.6) is 0 Å². The van der Waals surface area contributed by atoms with Crippen LogP contribution in [0.1, 0.15) is 12.5 Å². The molecule has 2 rings (SSSR count). The third-order valence-electron chi connectivity index (χ3n) is 4.06. The number of hydrogen-bond donors (Lipinski definition) is 2. The molecule has 10 heteroatoms. The molecule has 148 valence electrons. The molecule has 0 unspecified atom stereocenters. The summed E-state index contributed by atoms with van der Waals surface area (Å²) in [4.78, 5) is 8.84. The summed E-state index contributed by atoms with van der Waals surface area (Å²) in [5.74, 6) is 0.581. The Morgan fingerprint density at radius 3 is 2.54 bits per heavy atom. The average molecular weight is 516 g/mol. The number of sulfonamides is 1. The van der Waals surface area contributed by atoms with Crippen LogP contribution in [-0.2, 0) is 10.0 Å². The summed E-state index contributed by atoms with van der Waals surface area (Å²) in [7, 11) is -3.49. The zero-order valence-electron chi connectivity index (χ0n) is 15.1. The number of nitrogens with two attached hydrogens (primary N) is 1. The molecule has 0 aliphatic carbocycles. The fourth-order valence-corrected chi connectivity index (χ4v) is 3.30. The SMILES string of the molecule is CCNC(=NCCS(N)(=O)=O)N1CCN(c2cc(Cl)ccc2C)CC1.I. The minimum absolute atomic E-state index is 0. The topological polar surface area (TPSA) is 91.0 Å². The summed E-state index contributed by atoms with van der Waals surface area (Å²) >= 11 is 6.12. The van der Waals surface area contributed by atoms with Crippen molar-refractivity contribution in [3.8, 4) is 0 Å². The van der Waals surface area contributed by atoms with E-state index in [9.17, 15) is 8.42 Å². The van der Waals surface area contributed by atoms with E-state index in [0.717, 1.165) is 49.4 Å². The van der Waals surface area contributed by atoms with Gasteiger partial charge in [0.05, 0.1) is 12.3 Å². The minimum atomic E-state index is -3.49. The van der Waals surface area contributed by atoms with Gasteiger partial charge in [0, 0.05) is 43.4 Å². The smallest absolute Gasteiger partial charge is 0.210 e. The van der Waals surface area contributed by atoms with Crippen molar-refractivity contribution in [3.63, 3.8) is 0 Å². The molecule has 0 aromatic heterocycles. The summed E-state index contributed by atoms with van der Waals surface area (Å²) in [6, 6.07) is 5.93. The Kier molecular flexibility index (Phi) is 9.42. The van der Waals surface area contributed by atoms with E-state index < -0.39 is 10.0 Å². The summed E-state index contributed by atoms with van der Waals surface area (Å²) < 4.78 is 22.1. The Morgan fingerprint density at radius 2 is 1.96 bits per heavy atom. The van der Waals surface area contributed by atoms with Crippen molar-refractivity contribution < 1.29 is 8.42 Å². The van der Waals surface area contributed by atoms with Gasteiger partial charge in [0.25, 0.3) is 0 Å². The van der Waals surface area contributed by atoms with E-state index in [1.807, 2.05) is 25.1 Å². The monoisotopic (exact) mass is 515 g/mol. The number of aliphatic imine (C=N–C) groups is 1. The first-order chi connectivity index (χ1) is 11.8. The van der Waals surface area contributed by atoms with Crippen LogP contribution in [0.2, 0.25) is 5.02 Å². The number of hydrogen-bond acceptors (Lipinski definition) is 4. The Labute approximate surface area is 178 Å². The average Bonchev–Trinajstić information content (AvgIpc) is 2.55. The highest BCUT2D eigenvalue weighted by molar-refractivity contribution is 14.0. The lowest BCUT2D eigenvalue weighted by atomic mass is 10.1. The molecule has 1 aromatic rings. The van der Waals surface area contributed by atoms with E-state index in [0.29, 0.717) is 0 Å². The Hall–Kier alpha value is -0.780. The van der Waals surface area contributed by atoms with E-state index in [1.54, 1.807) is 0 Å². The maximum absolute atomic E-state index is 11.1. The van der Waals surface area contributed by atoms with Crippen LogP contribution in [0.15, 0.2) is 23.2 Å². The number of nitrogens with zero attached hydrogens (tertiary/aromatic N) is 3. The second-order valence-corrected chi connectivity index (χ2v) is 8.18. The highest BCUT2D eigenvalue weighted by Crippen LogP contribution is 2.25. The van der Waals surface area contributed by atoms with Gasteiger partial charge in [0.1, 0.15) is 0 Å². The second-order valence-electron chi connectivity index (χ2n) is 6.01. The van der Waals surface area contributed by atoms with Crippen molar-refractivity contribution in [3.05, 3.63) is 28.8 Å². The van der Waals surface area contributed by atoms with Gasteiger partial charge in [-0.15, -0.1) is 24.0 Å². The zero-order chi connectivity index (χ0) is 18.4. The van der Waals surface area contributed by atoms with Crippen LogP contribution in [0.4, 0.5) is 5.69 Å². The molecule has 1 aliphatic rings. The number of primary sulfonamides is 1. The quantitative estimate of drug-likeness (QED) is 0.353. The standard InChI is InChI=1S/C16H26ClN5O2S.HI/c1-3-19-16(20-6-11-25(18,23)24)22-9-7-21(8-10-22)15-12-14(17)5-4-13(15)2;/h4-5,12H,3,6-11H2,1-2H3,(H,19,20)(H2,18,23,24);1H. The molecule has 1 aliphatic heterocycles. The van der Waals surface area contributed by atoms with E-state index in [-0.39, 0.29) is 36.3 Å². The van der Waals surface area contributed by atoms with E-state index in [4.69, 9.17) is 16.7 Å². The molecule has 0 bridgehead atoms. The summed E-state index contributed by atoms with van der Waals surface area (Å²) in [6.07, 6.45) is 0. The molecule has 0 radical (unpaired) electrons. The molecule has 1 aromatic carbocycles. The van der Waals surface area contributed by atoms with E-state index in [1.165, 1.54) is 5.56 Å². The lowest BCUT2D eigenvalue weighted by Crippen LogP contribution is -2.52. The van der Waals surface area contributed by atoms with E-state index in [2.05, 4.69) is 27.0 Å². The van der Waals surface area contributed by atoms with Crippen molar-refractivity contribution in [2.24, 2.45) is 10.1 Å². The normalized spacial score (nSPS) is 15.6. The predicted octanol–water partition coefficient (Wildman–Crippen LogP) is 1.64. The van der Waals surface area contributed by atoms with Gasteiger partial charge in [-0.05, 0) is 31.5 Å². The first-order valence-electron chi connectivity index (χ1n) is 8.35. The number of anilines is 1. The van der Waals surface area contributed by atoms with Crippen LogP contribution in [-0.4, -0.2) is 64.3 Å². The Balaban J connectivity index is 0.00000338. The number of benzene rings is 1. The van der Waals surface area contributed by atoms with Gasteiger partial charge in [-0.3, -0.25) is 4.99 Å². The first kappa shape index (κ1) is 23.3. The van der Waals surface area contributed by atoms with Crippen molar-refractivity contribution in [1.82, 2.24) is 10.2 Å². The van der Waals surface area contributed by atoms with Crippen LogP contribution < -0.4 is 15.4 Å². The highest BCUT2D eigenvalue weighted by atomic mass is 127. The molecule has 0 amide bonds. The number of guanidine groups is 1. The first-order valence-corrected chi connectivity index (χ1v) is 10.4. The molecule has 1 heterocycles. The minimum Gasteiger partial charge on any atom is -0.368 e. The Morgan fingerprint density at radius 1 is 1.31 bits per heavy atom. The lowest BCUT2D eigenvalue weighted by Gasteiger charge is -2.38. The molecule has 0 atom stereocenters. The van der Waals surface area contributed by atoms with Crippen molar-refractivity contribution in [2.45, 2.75) is 13.8 Å². The predicted molar refractivity (Wildman–Crippen MR) is 119 cm³/mol. The summed E-state index contributed by atoms with van der Waals surface area (Å²) in [5, 5.41) is 8.99. The number of piperazine rings is 1. The highest BCUT2D eigenvalue weighted by Gasteiger charge is 2.21. The van der Waals surface area contributed by atoms with Crippen molar-refractivity contribution in [1.29, 1.82) is 0 Å². The molecule has 0 spiro atoms. The number of aryl methyl sites for hydroxylation is 1. The molecule has 7 nitrogen and oxygen atoms in total. The van der Waals surface area contributed by atoms with Crippen LogP contribution in [0, 0.1) is 6.92 Å². The van der Waals surface area contributed by atoms with Crippen LogP contribution in [0.25, 0.3) is 0 Å². The van der Waals surface area contributed by atoms with E-state index >= 15 is 0 Å². The molecular formula is C16H27ClIN5O2S. The molecule has 1 fully saturated rings. The Bertz CT molecular complexity index is 721. The van der Waals surface area contributed by atoms with Gasteiger partial charge in [-0.1, -0.05) is 17.7 Å². The molecule has 0 saturated carbocycles. The number of rotatable bonds is 5. The fraction of sp³-hybridized carbons (Fsp3) is 0.562. The van der Waals surface area contributed by atoms with Gasteiger partial charge in [-0.2, -0.15) is 0 Å². The summed E-state index contributed by atoms with van der Waals surface area (Å²) in [5.41, 5.74) is 2.36. The molecule has 1 saturated heterocycles. The maximum atomic E-state index is 11.1. The fourth-order valence-electron chi connectivity index (χ4n) is 2.79. The van der Waals surface area contributed by atoms with Crippen LogP contribution in [0.3, 0.4) is 0 Å². The molecular weight excluding hydrogens is 489 g/mol. The van der Waals surface area contributed by atoms with Gasteiger partial charge >= 0.3 is 0 Å². The van der Waals surface area contributed by atoms with Gasteiger partial charge < -0.3 is 15.1 Å². The van der Waals surface area contributed by atoms with Crippen molar-refractivity contribution in [2.75, 3.05) is 49.9 Å². The van der Waals surface area contributed by atoms with Gasteiger partial charge in [0.2, 0.25) is 10.0 Å². The number of halogens is 2. The maximum Gasteiger partial charge on any atom is 0.210 e. The molecule has 3 N–H and O–H groups in total. The number of nitrogens with one attached hydrogen (secondary N) is 1. The van der Waals surface area contributed by atoms with Crippen LogP contribution >= 0.6 is 35.6 Å². The third-order valence-corrected chi connectivity index (χ3v) is 5.05. The zero-order valence-corrected chi connectivity index (χ0v) is 19.0. The molecule has 26 heavy (non-hydrogen) atoms. The third kappa shape index (κ3) is 7.09. The largest absolute Gasteiger partial charge is 0.368 e. The van der Waals surface area contributed by atoms with Crippen molar-refractivity contribution >= 4 is 57.2 Å². The van der Waals surface area contributed by atoms with Gasteiger partial charge in [-0.25, -0.2) is 13.6 Å². The summed E-state index contributed by atoms with van der Waals surface area (Å²) in [6.45, 7) is 8.25. The lowest BCUT2D eigenvalue weighted by molar-refractivity contribution is 0.372. The second kappa shape index (κ2) is 10.5.